The lowest BCUT2D eigenvalue weighted by Gasteiger charge is -2.30. The highest BCUT2D eigenvalue weighted by atomic mass is 16.6. The Morgan fingerprint density at radius 2 is 1.83 bits per heavy atom. The Bertz CT molecular complexity index is 1220. The smallest absolute Gasteiger partial charge is 0.414 e. The van der Waals surface area contributed by atoms with E-state index in [-0.39, 0.29) is 17.7 Å². The second kappa shape index (κ2) is 19.3. The molecule has 0 saturated carbocycles. The van der Waals surface area contributed by atoms with Crippen molar-refractivity contribution in [2.75, 3.05) is 46.7 Å². The molecule has 0 aliphatic carbocycles. The third-order valence-electron chi connectivity index (χ3n) is 8.22. The van der Waals surface area contributed by atoms with Gasteiger partial charge in [0.1, 0.15) is 5.75 Å². The van der Waals surface area contributed by atoms with Crippen molar-refractivity contribution >= 4 is 23.8 Å². The summed E-state index contributed by atoms with van der Waals surface area (Å²) in [5.41, 5.74) is 7.91. The average molecular weight is 647 g/mol. The third-order valence-corrected chi connectivity index (χ3v) is 8.22. The van der Waals surface area contributed by atoms with Crippen LogP contribution in [0.1, 0.15) is 58.9 Å². The monoisotopic (exact) mass is 646 g/mol. The molecule has 6 atom stereocenters. The number of allylic oxidation sites excluding steroid dienone is 1. The summed E-state index contributed by atoms with van der Waals surface area (Å²) in [7, 11) is 6.62. The van der Waals surface area contributed by atoms with Crippen molar-refractivity contribution in [2.45, 2.75) is 84.2 Å². The Hall–Kier alpha value is -3.45. The van der Waals surface area contributed by atoms with Gasteiger partial charge in [-0.2, -0.15) is 0 Å². The van der Waals surface area contributed by atoms with Crippen LogP contribution in [0.2, 0.25) is 0 Å². The van der Waals surface area contributed by atoms with Crippen LogP contribution in [0.25, 0.3) is 0 Å². The Morgan fingerprint density at radius 1 is 1.13 bits per heavy atom. The second-order valence-corrected chi connectivity index (χ2v) is 12.2. The number of carbonyl (C=O) groups is 3. The molecule has 3 amide bonds. The first-order chi connectivity index (χ1) is 21.8. The van der Waals surface area contributed by atoms with Gasteiger partial charge in [-0.15, -0.1) is 0 Å². The van der Waals surface area contributed by atoms with E-state index in [1.54, 1.807) is 39.3 Å². The zero-order valence-electron chi connectivity index (χ0n) is 28.6. The molecule has 0 spiro atoms. The van der Waals surface area contributed by atoms with Crippen molar-refractivity contribution in [1.82, 2.24) is 10.2 Å². The minimum atomic E-state index is -0.937. The topological polar surface area (TPSA) is 162 Å². The standard InChI is InChI=1S/C34H54N4O8/c1-21-15-25-18-26(20-27(19-25)45-34(42)38(6)14-10-13-36-5)37-32(40)22(2)11-9-12-28(43-7)31(46-33(35)41)24(4)17-23(3)30(39)29(16-21)44-8/h11,17-21,23,28-31,36,39H,9-10,12-16H2,1-8H3,(H2,35,41)(H,37,40)/t21-,23+,28+,29+,30-,31+/m1/s1. The van der Waals surface area contributed by atoms with E-state index in [0.29, 0.717) is 54.8 Å². The van der Waals surface area contributed by atoms with Crippen LogP contribution in [0.3, 0.4) is 0 Å². The van der Waals surface area contributed by atoms with Gasteiger partial charge in [-0.05, 0) is 88.7 Å². The second-order valence-electron chi connectivity index (χ2n) is 12.2. The fourth-order valence-electron chi connectivity index (χ4n) is 5.64. The van der Waals surface area contributed by atoms with Crippen LogP contribution in [0.5, 0.6) is 5.75 Å². The molecule has 0 saturated heterocycles. The predicted octanol–water partition coefficient (Wildman–Crippen LogP) is 4.41. The summed E-state index contributed by atoms with van der Waals surface area (Å²) in [5.74, 6) is -0.294. The minimum Gasteiger partial charge on any atom is -0.439 e. The summed E-state index contributed by atoms with van der Waals surface area (Å²) in [6, 6.07) is 5.29. The highest BCUT2D eigenvalue weighted by Gasteiger charge is 2.30. The summed E-state index contributed by atoms with van der Waals surface area (Å²) < 4.78 is 22.6. The summed E-state index contributed by atoms with van der Waals surface area (Å²) in [6.07, 6.45) is 2.27. The van der Waals surface area contributed by atoms with Gasteiger partial charge in [-0.1, -0.05) is 26.0 Å². The lowest BCUT2D eigenvalue weighted by atomic mass is 9.88. The summed E-state index contributed by atoms with van der Waals surface area (Å²) in [6.45, 7) is 8.74. The van der Waals surface area contributed by atoms with Gasteiger partial charge in [0.15, 0.2) is 6.10 Å². The van der Waals surface area contributed by atoms with Crippen LogP contribution in [0.4, 0.5) is 15.3 Å². The van der Waals surface area contributed by atoms with Crippen LogP contribution >= 0.6 is 0 Å². The van der Waals surface area contributed by atoms with Crippen molar-refractivity contribution in [3.63, 3.8) is 0 Å². The quantitative estimate of drug-likeness (QED) is 0.237. The number of nitrogens with two attached hydrogens (primary N) is 1. The van der Waals surface area contributed by atoms with E-state index in [2.05, 4.69) is 10.6 Å². The number of fused-ring (bicyclic) bond motifs is 2. The number of benzene rings is 1. The number of nitrogens with zero attached hydrogens (tertiary/aromatic N) is 1. The van der Waals surface area contributed by atoms with Crippen LogP contribution in [-0.2, 0) is 25.4 Å². The van der Waals surface area contributed by atoms with Crippen molar-refractivity contribution < 1.29 is 38.4 Å². The summed E-state index contributed by atoms with van der Waals surface area (Å²) in [4.78, 5) is 39.4. The Labute approximate surface area is 273 Å². The number of rotatable bonds is 8. The number of amides is 3. The lowest BCUT2D eigenvalue weighted by Crippen LogP contribution is -2.37. The zero-order valence-corrected chi connectivity index (χ0v) is 28.6. The number of nitrogens with one attached hydrogen (secondary N) is 2. The normalized spacial score (nSPS) is 25.1. The highest BCUT2D eigenvalue weighted by molar-refractivity contribution is 6.03. The average Bonchev–Trinajstić information content (AvgIpc) is 2.99. The van der Waals surface area contributed by atoms with E-state index in [1.807, 2.05) is 40.0 Å². The molecule has 1 aromatic carbocycles. The van der Waals surface area contributed by atoms with Gasteiger partial charge in [-0.25, -0.2) is 9.59 Å². The van der Waals surface area contributed by atoms with Gasteiger partial charge in [0, 0.05) is 51.1 Å². The summed E-state index contributed by atoms with van der Waals surface area (Å²) in [5, 5.41) is 17.3. The maximum Gasteiger partial charge on any atom is 0.414 e. The van der Waals surface area contributed by atoms with Crippen LogP contribution in [0, 0.1) is 11.8 Å². The molecule has 1 heterocycles. The van der Waals surface area contributed by atoms with Crippen molar-refractivity contribution in [3.05, 3.63) is 47.1 Å². The number of aliphatic hydroxyl groups excluding tert-OH is 1. The molecule has 0 unspecified atom stereocenters. The molecule has 0 fully saturated rings. The first kappa shape index (κ1) is 38.7. The number of methoxy groups -OCH3 is 2. The van der Waals surface area contributed by atoms with Gasteiger partial charge < -0.3 is 45.3 Å². The van der Waals surface area contributed by atoms with Gasteiger partial charge in [-0.3, -0.25) is 4.79 Å². The first-order valence-electron chi connectivity index (χ1n) is 15.9. The van der Waals surface area contributed by atoms with E-state index in [0.717, 1.165) is 18.5 Å². The Morgan fingerprint density at radius 3 is 2.46 bits per heavy atom. The van der Waals surface area contributed by atoms with Gasteiger partial charge in [0.05, 0.1) is 18.3 Å². The van der Waals surface area contributed by atoms with Gasteiger partial charge in [0.2, 0.25) is 0 Å². The molecule has 0 aromatic heterocycles. The lowest BCUT2D eigenvalue weighted by molar-refractivity contribution is -0.112. The fraction of sp³-hybridized carbons (Fsp3) is 0.618. The van der Waals surface area contributed by atoms with Crippen molar-refractivity contribution in [2.24, 2.45) is 17.6 Å². The van der Waals surface area contributed by atoms with E-state index in [4.69, 9.17) is 24.7 Å². The molecule has 2 rings (SSSR count). The summed E-state index contributed by atoms with van der Waals surface area (Å²) >= 11 is 0. The molecule has 12 heteroatoms. The van der Waals surface area contributed by atoms with Crippen LogP contribution < -0.4 is 21.1 Å². The Balaban J connectivity index is 2.48. The predicted molar refractivity (Wildman–Crippen MR) is 178 cm³/mol. The number of carbonyl (C=O) groups excluding carboxylic acids is 3. The van der Waals surface area contributed by atoms with E-state index < -0.39 is 36.6 Å². The van der Waals surface area contributed by atoms with Crippen molar-refractivity contribution in [3.8, 4) is 5.75 Å². The molecular weight excluding hydrogens is 592 g/mol. The fourth-order valence-corrected chi connectivity index (χ4v) is 5.64. The number of hydrogen-bond donors (Lipinski definition) is 4. The maximum absolute atomic E-state index is 13.2. The molecule has 1 aliphatic rings. The first-order valence-corrected chi connectivity index (χ1v) is 15.9. The molecule has 258 valence electrons. The molecular formula is C34H54N4O8. The Kier molecular flexibility index (Phi) is 16.2. The van der Waals surface area contributed by atoms with Gasteiger partial charge >= 0.3 is 12.2 Å². The molecule has 0 radical (unpaired) electrons. The van der Waals surface area contributed by atoms with Gasteiger partial charge in [0.25, 0.3) is 5.91 Å². The molecule has 2 bridgehead atoms. The zero-order chi connectivity index (χ0) is 34.4. The largest absolute Gasteiger partial charge is 0.439 e. The number of anilines is 1. The molecule has 1 aliphatic heterocycles. The van der Waals surface area contributed by atoms with Crippen LogP contribution in [-0.4, -0.2) is 93.9 Å². The molecule has 46 heavy (non-hydrogen) atoms. The van der Waals surface area contributed by atoms with E-state index in [1.165, 1.54) is 12.0 Å². The molecule has 12 nitrogen and oxygen atoms in total. The number of hydrogen-bond acceptors (Lipinski definition) is 9. The van der Waals surface area contributed by atoms with E-state index >= 15 is 0 Å². The molecule has 1 aromatic rings. The highest BCUT2D eigenvalue weighted by Crippen LogP contribution is 2.28. The van der Waals surface area contributed by atoms with Crippen LogP contribution in [0.15, 0.2) is 41.5 Å². The minimum absolute atomic E-state index is 0.0446. The number of aliphatic hydroxyl groups is 1. The number of ether oxygens (including phenoxy) is 4. The molecule has 5 N–H and O–H groups in total. The third kappa shape index (κ3) is 12.4. The van der Waals surface area contributed by atoms with Crippen molar-refractivity contribution in [1.29, 1.82) is 0 Å². The van der Waals surface area contributed by atoms with E-state index in [9.17, 15) is 19.5 Å². The number of primary amides is 1. The maximum atomic E-state index is 13.2. The SMILES string of the molecule is CNCCCN(C)C(=O)Oc1cc2cc(c1)NC(=O)C(C)=CCC[C@H](OC)[C@@H](OC(N)=O)C(C)=C[C@H](C)[C@@H](O)[C@@H](OC)C[C@H](C)C2.